The molecule has 2 heteroatoms. The van der Waals surface area contributed by atoms with Crippen LogP contribution in [0.2, 0.25) is 0 Å². The normalized spacial score (nSPS) is 8.89. The number of rotatable bonds is 2. The largest absolute Gasteiger partial charge is 0.261 e. The van der Waals surface area contributed by atoms with Gasteiger partial charge < -0.3 is 0 Å². The summed E-state index contributed by atoms with van der Waals surface area (Å²) < 4.78 is 0. The maximum atomic E-state index is 8.18. The van der Waals surface area contributed by atoms with E-state index in [0.29, 0.717) is 11.3 Å². The monoisotopic (exact) mass is 120 g/mol. The molecule has 0 bridgehead atoms. The van der Waals surface area contributed by atoms with E-state index >= 15 is 0 Å². The highest BCUT2D eigenvalue weighted by Gasteiger charge is 1.80. The number of nitrogens with zero attached hydrogens (tertiary/aromatic N) is 2. The third-order valence-corrected chi connectivity index (χ3v) is 0.584. The Labute approximate surface area is 54.8 Å². The molecule has 0 amide bonds. The van der Waals surface area contributed by atoms with Crippen molar-refractivity contribution in [3.8, 4) is 6.07 Å². The molecule has 0 spiro atoms. The molecule has 46 valence electrons. The van der Waals surface area contributed by atoms with Crippen LogP contribution in [0.25, 0.3) is 0 Å². The summed E-state index contributed by atoms with van der Waals surface area (Å²) in [6, 6.07) is 1.84. The highest BCUT2D eigenvalue weighted by molar-refractivity contribution is 5.83. The van der Waals surface area contributed by atoms with Gasteiger partial charge in [0.25, 0.3) is 0 Å². The van der Waals surface area contributed by atoms with E-state index in [4.69, 9.17) is 5.26 Å². The molecule has 0 aromatic carbocycles. The molecule has 2 nitrogen and oxygen atoms in total. The zero-order valence-corrected chi connectivity index (χ0v) is 5.39. The van der Waals surface area contributed by atoms with Crippen LogP contribution in [-0.2, 0) is 0 Å². The number of nitriles is 1. The quantitative estimate of drug-likeness (QED) is 0.403. The minimum Gasteiger partial charge on any atom is -0.261 e. The van der Waals surface area contributed by atoms with Gasteiger partial charge in [-0.15, -0.1) is 0 Å². The highest BCUT2D eigenvalue weighted by Crippen LogP contribution is 1.88. The summed E-state index contributed by atoms with van der Waals surface area (Å²) in [6.07, 6.45) is 1.39. The summed E-state index contributed by atoms with van der Waals surface area (Å²) in [7, 11) is 0. The van der Waals surface area contributed by atoms with Gasteiger partial charge in [-0.25, -0.2) is 0 Å². The lowest BCUT2D eigenvalue weighted by atomic mass is 10.4. The highest BCUT2D eigenvalue weighted by atomic mass is 14.7. The van der Waals surface area contributed by atoms with Crippen molar-refractivity contribution in [1.82, 2.24) is 0 Å². The minimum atomic E-state index is 0.345. The third-order valence-electron chi connectivity index (χ3n) is 0.584. The van der Waals surface area contributed by atoms with E-state index in [0.717, 1.165) is 0 Å². The average molecular weight is 120 g/mol. The van der Waals surface area contributed by atoms with Gasteiger partial charge in [-0.2, -0.15) is 5.26 Å². The van der Waals surface area contributed by atoms with Crippen molar-refractivity contribution in [3.05, 3.63) is 24.4 Å². The van der Waals surface area contributed by atoms with Crippen molar-refractivity contribution < 1.29 is 0 Å². The summed E-state index contributed by atoms with van der Waals surface area (Å²) in [4.78, 5) is 3.75. The molecular weight excluding hydrogens is 112 g/mol. The van der Waals surface area contributed by atoms with Crippen molar-refractivity contribution in [2.75, 3.05) is 0 Å². The predicted octanol–water partition coefficient (Wildman–Crippen LogP) is 1.67. The van der Waals surface area contributed by atoms with Gasteiger partial charge in [0.1, 0.15) is 6.07 Å². The van der Waals surface area contributed by atoms with Crippen molar-refractivity contribution in [1.29, 1.82) is 5.26 Å². The van der Waals surface area contributed by atoms with E-state index < -0.39 is 0 Å². The molecule has 0 saturated carbocycles. The van der Waals surface area contributed by atoms with E-state index in [1.807, 2.05) is 6.07 Å². The van der Waals surface area contributed by atoms with E-state index in [1.165, 1.54) is 6.21 Å². The SMILES string of the molecule is C=C(C#N)C=NC(=C)C. The zero-order chi connectivity index (χ0) is 7.28. The van der Waals surface area contributed by atoms with Gasteiger partial charge in [0.2, 0.25) is 0 Å². The summed E-state index contributed by atoms with van der Waals surface area (Å²) in [5, 5.41) is 8.18. The fourth-order valence-electron chi connectivity index (χ4n) is 0.217. The lowest BCUT2D eigenvalue weighted by Gasteiger charge is -1.82. The van der Waals surface area contributed by atoms with Crippen LogP contribution in [0, 0.1) is 11.3 Å². The van der Waals surface area contributed by atoms with Gasteiger partial charge in [0.05, 0.1) is 5.57 Å². The van der Waals surface area contributed by atoms with Gasteiger partial charge in [0.15, 0.2) is 0 Å². The van der Waals surface area contributed by atoms with Crippen LogP contribution in [0.15, 0.2) is 29.4 Å². The Hall–Kier alpha value is -1.36. The van der Waals surface area contributed by atoms with E-state index in [2.05, 4.69) is 18.2 Å². The Morgan fingerprint density at radius 1 is 1.67 bits per heavy atom. The van der Waals surface area contributed by atoms with Crippen molar-refractivity contribution >= 4 is 6.21 Å². The molecule has 0 rings (SSSR count). The van der Waals surface area contributed by atoms with Crippen LogP contribution < -0.4 is 0 Å². The molecule has 0 radical (unpaired) electrons. The van der Waals surface area contributed by atoms with Crippen LogP contribution in [0.1, 0.15) is 6.92 Å². The predicted molar refractivity (Wildman–Crippen MR) is 38.1 cm³/mol. The average Bonchev–Trinajstić information content (AvgIpc) is 1.83. The van der Waals surface area contributed by atoms with Crippen molar-refractivity contribution in [2.24, 2.45) is 4.99 Å². The Kier molecular flexibility index (Phi) is 3.07. The molecule has 0 fully saturated rings. The van der Waals surface area contributed by atoms with Gasteiger partial charge in [0, 0.05) is 11.9 Å². The summed E-state index contributed by atoms with van der Waals surface area (Å²) in [6.45, 7) is 8.66. The van der Waals surface area contributed by atoms with Gasteiger partial charge >= 0.3 is 0 Å². The Bertz CT molecular complexity index is 193. The minimum absolute atomic E-state index is 0.345. The molecule has 0 aromatic heterocycles. The first-order chi connectivity index (χ1) is 4.16. The molecular formula is C7H8N2. The zero-order valence-electron chi connectivity index (χ0n) is 5.39. The van der Waals surface area contributed by atoms with Crippen LogP contribution in [0.5, 0.6) is 0 Å². The first-order valence-electron chi connectivity index (χ1n) is 2.45. The number of hydrogen-bond donors (Lipinski definition) is 0. The second-order valence-electron chi connectivity index (χ2n) is 1.63. The van der Waals surface area contributed by atoms with E-state index in [-0.39, 0.29) is 0 Å². The summed E-state index contributed by atoms with van der Waals surface area (Å²) in [5.74, 6) is 0. The van der Waals surface area contributed by atoms with E-state index in [1.54, 1.807) is 6.92 Å². The molecule has 0 aliphatic rings. The van der Waals surface area contributed by atoms with Crippen molar-refractivity contribution in [2.45, 2.75) is 6.92 Å². The molecule has 0 aliphatic carbocycles. The molecule has 0 aromatic rings. The van der Waals surface area contributed by atoms with Crippen LogP contribution in [-0.4, -0.2) is 6.21 Å². The Morgan fingerprint density at radius 3 is 2.56 bits per heavy atom. The molecule has 0 N–H and O–H groups in total. The smallest absolute Gasteiger partial charge is 0.100 e. The van der Waals surface area contributed by atoms with Gasteiger partial charge in [-0.1, -0.05) is 13.2 Å². The fourth-order valence-corrected chi connectivity index (χ4v) is 0.217. The van der Waals surface area contributed by atoms with Gasteiger partial charge in [-0.3, -0.25) is 4.99 Å². The molecule has 0 atom stereocenters. The maximum Gasteiger partial charge on any atom is 0.100 e. The number of hydrogen-bond acceptors (Lipinski definition) is 2. The summed E-state index contributed by atoms with van der Waals surface area (Å²) in [5.41, 5.74) is 1.02. The first-order valence-corrected chi connectivity index (χ1v) is 2.45. The molecule has 0 saturated heterocycles. The lowest BCUT2D eigenvalue weighted by molar-refractivity contribution is 1.34. The second-order valence-corrected chi connectivity index (χ2v) is 1.63. The molecule has 0 heterocycles. The summed E-state index contributed by atoms with van der Waals surface area (Å²) >= 11 is 0. The Balaban J connectivity index is 3.90. The standard InChI is InChI=1S/C7H8N2/c1-6(2)9-5-7(3)4-8/h5H,1,3H2,2H3. The van der Waals surface area contributed by atoms with E-state index in [9.17, 15) is 0 Å². The first kappa shape index (κ1) is 7.64. The van der Waals surface area contributed by atoms with Crippen molar-refractivity contribution in [3.63, 3.8) is 0 Å². The fraction of sp³-hybridized carbons (Fsp3) is 0.143. The second kappa shape index (κ2) is 3.62. The Morgan fingerprint density at radius 2 is 2.22 bits per heavy atom. The third kappa shape index (κ3) is 4.49. The van der Waals surface area contributed by atoms with Crippen LogP contribution in [0.3, 0.4) is 0 Å². The molecule has 0 aliphatic heterocycles. The maximum absolute atomic E-state index is 8.18. The van der Waals surface area contributed by atoms with Gasteiger partial charge in [-0.05, 0) is 6.92 Å². The molecule has 0 unspecified atom stereocenters. The van der Waals surface area contributed by atoms with Crippen LogP contribution >= 0.6 is 0 Å². The topological polar surface area (TPSA) is 36.1 Å². The van der Waals surface area contributed by atoms with Crippen LogP contribution in [0.4, 0.5) is 0 Å². The molecule has 9 heavy (non-hydrogen) atoms. The number of allylic oxidation sites excluding steroid dienone is 2. The number of aliphatic imine (C=N–C) groups is 1. The lowest BCUT2D eigenvalue weighted by Crippen LogP contribution is -1.75.